The Bertz CT molecular complexity index is 2630. The number of aliphatic hydroxyl groups excluding tert-OH is 1. The standard InChI is InChI=1S/C45H40ClN3O9S/c1-27-22-31(11-17-40(27)49-44(52)37-16-10-30(46)26-39(37)45(49)53)47-43(51)41-24-29(35-8-5-9-36-34-7-4-3-6-28(34)23-38(35)36)25-42(58-41)57-21-19-48(18-20-50)59(54,55)33-14-12-32(56-2)13-15-33/h3-17,22,24,26,29,42,50H,18-21,23,25H2,1-2H3,(H,47,51)/t29-,42+/m0/s1. The number of nitrogens with one attached hydrogen (secondary N) is 1. The molecule has 2 heterocycles. The Labute approximate surface area is 346 Å². The summed E-state index contributed by atoms with van der Waals surface area (Å²) in [6.07, 6.45) is 1.92. The first-order valence-corrected chi connectivity index (χ1v) is 20.8. The molecule has 0 saturated carbocycles. The Hall–Kier alpha value is -5.83. The molecule has 3 amide bonds. The largest absolute Gasteiger partial charge is 0.497 e. The van der Waals surface area contributed by atoms with E-state index in [-0.39, 0.29) is 47.4 Å². The number of amides is 3. The summed E-state index contributed by atoms with van der Waals surface area (Å²) in [6.45, 7) is 0.993. The van der Waals surface area contributed by atoms with Crippen molar-refractivity contribution in [2.45, 2.75) is 36.9 Å². The summed E-state index contributed by atoms with van der Waals surface area (Å²) in [6, 6.07) is 29.8. The van der Waals surface area contributed by atoms with Crippen LogP contribution in [0.25, 0.3) is 11.1 Å². The Morgan fingerprint density at radius 3 is 2.44 bits per heavy atom. The van der Waals surface area contributed by atoms with Crippen LogP contribution in [0.2, 0.25) is 5.02 Å². The minimum atomic E-state index is -3.99. The van der Waals surface area contributed by atoms with Crippen LogP contribution < -0.4 is 15.0 Å². The van der Waals surface area contributed by atoms with Crippen LogP contribution in [0.3, 0.4) is 0 Å². The van der Waals surface area contributed by atoms with Gasteiger partial charge in [-0.15, -0.1) is 0 Å². The summed E-state index contributed by atoms with van der Waals surface area (Å²) < 4.78 is 45.8. The third-order valence-corrected chi connectivity index (χ3v) is 13.0. The fourth-order valence-corrected chi connectivity index (χ4v) is 9.51. The van der Waals surface area contributed by atoms with Crippen molar-refractivity contribution in [2.75, 3.05) is 43.6 Å². The van der Waals surface area contributed by atoms with Crippen molar-refractivity contribution in [3.8, 4) is 16.9 Å². The van der Waals surface area contributed by atoms with Crippen LogP contribution in [0.5, 0.6) is 5.75 Å². The number of rotatable bonds is 13. The van der Waals surface area contributed by atoms with E-state index >= 15 is 0 Å². The topological polar surface area (TPSA) is 152 Å². The summed E-state index contributed by atoms with van der Waals surface area (Å²) in [5.41, 5.74) is 7.49. The number of allylic oxidation sites excluding steroid dienone is 1. The van der Waals surface area contributed by atoms with Crippen LogP contribution in [-0.4, -0.2) is 75.3 Å². The molecule has 0 spiro atoms. The number of carbonyl (C=O) groups excluding carboxylic acids is 3. The average molecular weight is 834 g/mol. The molecule has 2 atom stereocenters. The van der Waals surface area contributed by atoms with Gasteiger partial charge in [-0.05, 0) is 113 Å². The van der Waals surface area contributed by atoms with Crippen molar-refractivity contribution in [3.63, 3.8) is 0 Å². The molecule has 0 unspecified atom stereocenters. The smallest absolute Gasteiger partial charge is 0.290 e. The van der Waals surface area contributed by atoms with E-state index in [0.717, 1.165) is 37.9 Å². The zero-order valence-corrected chi connectivity index (χ0v) is 33.8. The highest BCUT2D eigenvalue weighted by atomic mass is 35.5. The number of anilines is 2. The van der Waals surface area contributed by atoms with Gasteiger partial charge in [-0.3, -0.25) is 14.4 Å². The highest BCUT2D eigenvalue weighted by Gasteiger charge is 2.38. The third kappa shape index (κ3) is 7.75. The molecular weight excluding hydrogens is 794 g/mol. The lowest BCUT2D eigenvalue weighted by Gasteiger charge is -2.31. The molecular formula is C45H40ClN3O9S. The van der Waals surface area contributed by atoms with Gasteiger partial charge in [0.05, 0.1) is 42.0 Å². The van der Waals surface area contributed by atoms with Gasteiger partial charge in [0.25, 0.3) is 17.7 Å². The van der Waals surface area contributed by atoms with E-state index < -0.39 is 40.6 Å². The number of fused-ring (bicyclic) bond motifs is 4. The predicted octanol–water partition coefficient (Wildman–Crippen LogP) is 7.08. The van der Waals surface area contributed by atoms with Gasteiger partial charge in [-0.2, -0.15) is 4.31 Å². The molecule has 1 aliphatic carbocycles. The SMILES string of the molecule is COc1ccc(S(=O)(=O)N(CCO)CCO[C@H]2C[C@@H](c3cccc4c3Cc3ccccc3-4)C=C(C(=O)Nc3ccc(N4C(=O)c5ccc(Cl)cc5C4=O)c(C)c3)O2)cc1. The Balaban J connectivity index is 1.03. The summed E-state index contributed by atoms with van der Waals surface area (Å²) in [5.74, 6) is -1.29. The molecule has 12 nitrogen and oxygen atoms in total. The van der Waals surface area contributed by atoms with Crippen molar-refractivity contribution in [1.29, 1.82) is 0 Å². The van der Waals surface area contributed by atoms with Gasteiger partial charge < -0.3 is 24.6 Å². The van der Waals surface area contributed by atoms with E-state index in [1.54, 1.807) is 49.4 Å². The van der Waals surface area contributed by atoms with E-state index in [9.17, 15) is 27.9 Å². The molecule has 5 aromatic rings. The van der Waals surface area contributed by atoms with E-state index in [1.807, 2.05) is 24.3 Å². The number of benzene rings is 5. The van der Waals surface area contributed by atoms with Gasteiger partial charge in [0.1, 0.15) is 5.75 Å². The molecule has 2 N–H and O–H groups in total. The normalized spacial score (nSPS) is 17.0. The Kier molecular flexibility index (Phi) is 11.1. The number of aryl methyl sites for hydroxylation is 1. The monoisotopic (exact) mass is 833 g/mol. The third-order valence-electron chi connectivity index (χ3n) is 10.8. The molecule has 0 aromatic heterocycles. The van der Waals surface area contributed by atoms with Crippen molar-refractivity contribution in [2.24, 2.45) is 0 Å². The van der Waals surface area contributed by atoms with Crippen LogP contribution >= 0.6 is 11.6 Å². The number of methoxy groups -OCH3 is 1. The lowest BCUT2D eigenvalue weighted by molar-refractivity contribution is -0.143. The number of nitrogens with zero attached hydrogens (tertiary/aromatic N) is 2. The van der Waals surface area contributed by atoms with E-state index in [4.69, 9.17) is 25.8 Å². The maximum Gasteiger partial charge on any atom is 0.290 e. The molecule has 3 aliphatic rings. The maximum absolute atomic E-state index is 14.0. The lowest BCUT2D eigenvalue weighted by atomic mass is 9.87. The molecule has 14 heteroatoms. The molecule has 0 radical (unpaired) electrons. The highest BCUT2D eigenvalue weighted by molar-refractivity contribution is 7.89. The number of sulfonamides is 1. The van der Waals surface area contributed by atoms with Gasteiger partial charge in [0.2, 0.25) is 16.3 Å². The number of hydrogen-bond donors (Lipinski definition) is 2. The average Bonchev–Trinajstić information content (AvgIpc) is 3.73. The molecule has 0 fully saturated rings. The number of hydrogen-bond acceptors (Lipinski definition) is 9. The van der Waals surface area contributed by atoms with E-state index in [0.29, 0.717) is 34.1 Å². The van der Waals surface area contributed by atoms with Crippen LogP contribution in [0.1, 0.15) is 55.3 Å². The minimum absolute atomic E-state index is 0.0105. The van der Waals surface area contributed by atoms with Crippen molar-refractivity contribution in [3.05, 3.63) is 153 Å². The molecule has 59 heavy (non-hydrogen) atoms. The van der Waals surface area contributed by atoms with Gasteiger partial charge in [-0.1, -0.05) is 54.1 Å². The summed E-state index contributed by atoms with van der Waals surface area (Å²) >= 11 is 6.11. The Morgan fingerprint density at radius 2 is 1.68 bits per heavy atom. The molecule has 302 valence electrons. The van der Waals surface area contributed by atoms with Crippen molar-refractivity contribution >= 4 is 50.7 Å². The maximum atomic E-state index is 14.0. The van der Waals surface area contributed by atoms with Crippen LogP contribution in [0, 0.1) is 6.92 Å². The fourth-order valence-electron chi connectivity index (χ4n) is 7.92. The minimum Gasteiger partial charge on any atom is -0.497 e. The van der Waals surface area contributed by atoms with E-state index in [1.165, 1.54) is 36.9 Å². The molecule has 5 aromatic carbocycles. The fraction of sp³-hybridized carbons (Fsp3) is 0.222. The van der Waals surface area contributed by atoms with Crippen LogP contribution in [-0.2, 0) is 30.7 Å². The van der Waals surface area contributed by atoms with Gasteiger partial charge in [0.15, 0.2) is 5.76 Å². The first-order chi connectivity index (χ1) is 28.5. The zero-order chi connectivity index (χ0) is 41.4. The molecule has 8 rings (SSSR count). The van der Waals surface area contributed by atoms with Gasteiger partial charge in [-0.25, -0.2) is 13.3 Å². The Morgan fingerprint density at radius 1 is 0.915 bits per heavy atom. The molecule has 0 saturated heterocycles. The number of carbonyl (C=O) groups is 3. The second kappa shape index (κ2) is 16.4. The van der Waals surface area contributed by atoms with Crippen LogP contribution in [0.4, 0.5) is 11.4 Å². The molecule has 2 aliphatic heterocycles. The number of ether oxygens (including phenoxy) is 3. The van der Waals surface area contributed by atoms with Crippen LogP contribution in [0.15, 0.2) is 120 Å². The first-order valence-electron chi connectivity index (χ1n) is 19.0. The predicted molar refractivity (Wildman–Crippen MR) is 222 cm³/mol. The number of halogens is 1. The highest BCUT2D eigenvalue weighted by Crippen LogP contribution is 2.43. The van der Waals surface area contributed by atoms with E-state index in [2.05, 4.69) is 23.5 Å². The van der Waals surface area contributed by atoms with Crippen molar-refractivity contribution < 1.29 is 42.1 Å². The number of imide groups is 1. The van der Waals surface area contributed by atoms with Crippen molar-refractivity contribution in [1.82, 2.24) is 4.31 Å². The number of aliphatic hydroxyl groups is 1. The summed E-state index contributed by atoms with van der Waals surface area (Å²) in [7, 11) is -2.51. The van der Waals surface area contributed by atoms with Gasteiger partial charge in [0, 0.05) is 36.1 Å². The summed E-state index contributed by atoms with van der Waals surface area (Å²) in [5, 5.41) is 13.0. The quantitative estimate of drug-likeness (QED) is 0.116. The lowest BCUT2D eigenvalue weighted by Crippen LogP contribution is -2.38. The second-order valence-electron chi connectivity index (χ2n) is 14.4. The summed E-state index contributed by atoms with van der Waals surface area (Å²) in [4.78, 5) is 41.7. The van der Waals surface area contributed by atoms with Gasteiger partial charge >= 0.3 is 0 Å². The second-order valence-corrected chi connectivity index (χ2v) is 16.8. The zero-order valence-electron chi connectivity index (χ0n) is 32.2. The first kappa shape index (κ1) is 40.0. The molecule has 0 bridgehead atoms.